The SMILES string of the molecule is COCCCn1ccc(Nc2cc(C)c([N+](=O)[O-])cn2)n1. The first-order valence-electron chi connectivity index (χ1n) is 6.50. The number of aryl methyl sites for hydroxylation is 2. The number of methoxy groups -OCH3 is 1. The quantitative estimate of drug-likeness (QED) is 0.477. The highest BCUT2D eigenvalue weighted by Gasteiger charge is 2.11. The summed E-state index contributed by atoms with van der Waals surface area (Å²) in [5.74, 6) is 1.17. The zero-order valence-electron chi connectivity index (χ0n) is 11.9. The van der Waals surface area contributed by atoms with Gasteiger partial charge in [0.1, 0.15) is 12.0 Å². The van der Waals surface area contributed by atoms with Crippen molar-refractivity contribution in [1.82, 2.24) is 14.8 Å². The smallest absolute Gasteiger partial charge is 0.290 e. The van der Waals surface area contributed by atoms with Crippen LogP contribution in [0.5, 0.6) is 0 Å². The van der Waals surface area contributed by atoms with E-state index in [1.807, 2.05) is 12.3 Å². The van der Waals surface area contributed by atoms with Gasteiger partial charge in [-0.05, 0) is 19.4 Å². The van der Waals surface area contributed by atoms with Crippen LogP contribution >= 0.6 is 0 Å². The molecule has 112 valence electrons. The second-order valence-electron chi connectivity index (χ2n) is 4.55. The van der Waals surface area contributed by atoms with Gasteiger partial charge in [-0.25, -0.2) is 4.98 Å². The maximum atomic E-state index is 10.7. The number of nitro groups is 1. The Morgan fingerprint density at radius 3 is 2.95 bits per heavy atom. The van der Waals surface area contributed by atoms with E-state index in [2.05, 4.69) is 15.4 Å². The predicted molar refractivity (Wildman–Crippen MR) is 77.6 cm³/mol. The van der Waals surface area contributed by atoms with E-state index < -0.39 is 4.92 Å². The van der Waals surface area contributed by atoms with E-state index in [0.29, 0.717) is 23.8 Å². The zero-order valence-corrected chi connectivity index (χ0v) is 11.9. The lowest BCUT2D eigenvalue weighted by atomic mass is 10.2. The molecule has 2 rings (SSSR count). The van der Waals surface area contributed by atoms with Gasteiger partial charge in [-0.15, -0.1) is 0 Å². The van der Waals surface area contributed by atoms with E-state index >= 15 is 0 Å². The van der Waals surface area contributed by atoms with E-state index in [9.17, 15) is 10.1 Å². The topological polar surface area (TPSA) is 95.1 Å². The second-order valence-corrected chi connectivity index (χ2v) is 4.55. The van der Waals surface area contributed by atoms with Crippen molar-refractivity contribution in [3.8, 4) is 0 Å². The lowest BCUT2D eigenvalue weighted by Gasteiger charge is -2.04. The van der Waals surface area contributed by atoms with Gasteiger partial charge in [-0.3, -0.25) is 14.8 Å². The third-order valence-electron chi connectivity index (χ3n) is 2.91. The molecule has 0 unspecified atom stereocenters. The minimum atomic E-state index is -0.448. The first-order chi connectivity index (χ1) is 10.1. The normalized spacial score (nSPS) is 10.6. The van der Waals surface area contributed by atoms with Crippen LogP contribution in [0.15, 0.2) is 24.5 Å². The Kier molecular flexibility index (Phi) is 4.83. The van der Waals surface area contributed by atoms with Gasteiger partial charge in [0.2, 0.25) is 0 Å². The summed E-state index contributed by atoms with van der Waals surface area (Å²) in [6.45, 7) is 3.13. The predicted octanol–water partition coefficient (Wildman–Crippen LogP) is 2.27. The van der Waals surface area contributed by atoms with Crippen molar-refractivity contribution in [2.75, 3.05) is 19.0 Å². The second kappa shape index (κ2) is 6.80. The fraction of sp³-hybridized carbons (Fsp3) is 0.385. The molecule has 1 N–H and O–H groups in total. The molecule has 0 aromatic carbocycles. The molecular weight excluding hydrogens is 274 g/mol. The number of anilines is 2. The van der Waals surface area contributed by atoms with E-state index in [1.165, 1.54) is 6.20 Å². The fourth-order valence-corrected chi connectivity index (χ4v) is 1.86. The Hall–Kier alpha value is -2.48. The molecule has 2 aromatic heterocycles. The zero-order chi connectivity index (χ0) is 15.2. The Bertz CT molecular complexity index is 626. The minimum absolute atomic E-state index is 0.00523. The van der Waals surface area contributed by atoms with Crippen LogP contribution < -0.4 is 5.32 Å². The van der Waals surface area contributed by atoms with Crippen molar-refractivity contribution < 1.29 is 9.66 Å². The van der Waals surface area contributed by atoms with Crippen LogP contribution in [0, 0.1) is 17.0 Å². The highest BCUT2D eigenvalue weighted by atomic mass is 16.6. The van der Waals surface area contributed by atoms with Gasteiger partial charge in [-0.1, -0.05) is 0 Å². The van der Waals surface area contributed by atoms with Gasteiger partial charge < -0.3 is 10.1 Å². The Balaban J connectivity index is 2.01. The summed E-state index contributed by atoms with van der Waals surface area (Å²) in [5, 5.41) is 18.1. The first kappa shape index (κ1) is 14.9. The van der Waals surface area contributed by atoms with Gasteiger partial charge in [0.15, 0.2) is 5.82 Å². The van der Waals surface area contributed by atoms with Crippen LogP contribution in [-0.4, -0.2) is 33.4 Å². The van der Waals surface area contributed by atoms with Crippen molar-refractivity contribution in [2.45, 2.75) is 19.9 Å². The van der Waals surface area contributed by atoms with Crippen LogP contribution in [-0.2, 0) is 11.3 Å². The van der Waals surface area contributed by atoms with Crippen LogP contribution in [0.1, 0.15) is 12.0 Å². The Morgan fingerprint density at radius 2 is 2.29 bits per heavy atom. The summed E-state index contributed by atoms with van der Waals surface area (Å²) in [7, 11) is 1.67. The Labute approximate surface area is 121 Å². The number of aromatic nitrogens is 3. The van der Waals surface area contributed by atoms with E-state index in [4.69, 9.17) is 4.74 Å². The highest BCUT2D eigenvalue weighted by molar-refractivity contribution is 5.54. The van der Waals surface area contributed by atoms with E-state index in [-0.39, 0.29) is 5.69 Å². The number of pyridine rings is 1. The summed E-state index contributed by atoms with van der Waals surface area (Å²) in [4.78, 5) is 14.3. The highest BCUT2D eigenvalue weighted by Crippen LogP contribution is 2.20. The number of ether oxygens (including phenoxy) is 1. The van der Waals surface area contributed by atoms with E-state index in [0.717, 1.165) is 13.0 Å². The van der Waals surface area contributed by atoms with Crippen LogP contribution in [0.4, 0.5) is 17.3 Å². The number of hydrogen-bond acceptors (Lipinski definition) is 6. The molecule has 0 aliphatic carbocycles. The molecule has 8 heteroatoms. The maximum absolute atomic E-state index is 10.7. The monoisotopic (exact) mass is 291 g/mol. The standard InChI is InChI=1S/C13H17N5O3/c1-10-8-13(14-9-11(10)18(19)20)15-12-4-6-17(16-12)5-3-7-21-2/h4,6,8-9H,3,5,7H2,1-2H3,(H,14,15,16). The van der Waals surface area contributed by atoms with Crippen LogP contribution in [0.3, 0.4) is 0 Å². The summed E-state index contributed by atoms with van der Waals surface area (Å²) in [6.07, 6.45) is 3.98. The summed E-state index contributed by atoms with van der Waals surface area (Å²) in [5.41, 5.74) is 0.558. The van der Waals surface area contributed by atoms with Crippen LogP contribution in [0.25, 0.3) is 0 Å². The maximum Gasteiger partial charge on any atom is 0.290 e. The lowest BCUT2D eigenvalue weighted by Crippen LogP contribution is -2.03. The minimum Gasteiger partial charge on any atom is -0.385 e. The van der Waals surface area contributed by atoms with Gasteiger partial charge in [-0.2, -0.15) is 5.10 Å². The van der Waals surface area contributed by atoms with Gasteiger partial charge >= 0.3 is 0 Å². The molecule has 0 aliphatic rings. The van der Waals surface area contributed by atoms with Gasteiger partial charge in [0.25, 0.3) is 5.69 Å². The molecule has 0 bridgehead atoms. The molecule has 0 saturated carbocycles. The summed E-state index contributed by atoms with van der Waals surface area (Å²) in [6, 6.07) is 3.45. The third-order valence-corrected chi connectivity index (χ3v) is 2.91. The fourth-order valence-electron chi connectivity index (χ4n) is 1.86. The molecule has 0 saturated heterocycles. The van der Waals surface area contributed by atoms with Crippen molar-refractivity contribution >= 4 is 17.3 Å². The molecule has 2 aromatic rings. The van der Waals surface area contributed by atoms with Crippen LogP contribution in [0.2, 0.25) is 0 Å². The number of hydrogen-bond donors (Lipinski definition) is 1. The molecule has 0 aliphatic heterocycles. The molecule has 0 spiro atoms. The van der Waals surface area contributed by atoms with E-state index in [1.54, 1.807) is 24.8 Å². The molecule has 0 amide bonds. The third kappa shape index (κ3) is 3.99. The molecule has 0 radical (unpaired) electrons. The number of rotatable bonds is 7. The Morgan fingerprint density at radius 1 is 1.48 bits per heavy atom. The number of nitrogens with one attached hydrogen (secondary N) is 1. The lowest BCUT2D eigenvalue weighted by molar-refractivity contribution is -0.385. The molecule has 0 fully saturated rings. The van der Waals surface area contributed by atoms with Crippen molar-refractivity contribution in [1.29, 1.82) is 0 Å². The van der Waals surface area contributed by atoms with Crippen molar-refractivity contribution in [3.63, 3.8) is 0 Å². The first-order valence-corrected chi connectivity index (χ1v) is 6.50. The molecule has 2 heterocycles. The molecule has 0 atom stereocenters. The molecule has 8 nitrogen and oxygen atoms in total. The van der Waals surface area contributed by atoms with Crippen molar-refractivity contribution in [3.05, 3.63) is 40.2 Å². The van der Waals surface area contributed by atoms with Gasteiger partial charge in [0.05, 0.1) is 4.92 Å². The largest absolute Gasteiger partial charge is 0.385 e. The van der Waals surface area contributed by atoms with Crippen molar-refractivity contribution in [2.24, 2.45) is 0 Å². The van der Waals surface area contributed by atoms with Gasteiger partial charge in [0, 0.05) is 38.1 Å². The summed E-state index contributed by atoms with van der Waals surface area (Å²) < 4.78 is 6.79. The number of nitrogens with zero attached hydrogens (tertiary/aromatic N) is 4. The molecular formula is C13H17N5O3. The summed E-state index contributed by atoms with van der Waals surface area (Å²) >= 11 is 0. The average molecular weight is 291 g/mol. The molecule has 21 heavy (non-hydrogen) atoms. The average Bonchev–Trinajstić information content (AvgIpc) is 2.86.